The molecule has 110 valence electrons. The number of nitrogens with zero attached hydrogens (tertiary/aromatic N) is 2. The summed E-state index contributed by atoms with van der Waals surface area (Å²) in [5.41, 5.74) is 0.641. The predicted octanol–water partition coefficient (Wildman–Crippen LogP) is 2.51. The van der Waals surface area contributed by atoms with Gasteiger partial charge in [0.05, 0.1) is 27.0 Å². The molecule has 0 aromatic carbocycles. The molecule has 0 unspecified atom stereocenters. The third-order valence-corrected chi connectivity index (χ3v) is 3.38. The molecule has 2 aromatic rings. The summed E-state index contributed by atoms with van der Waals surface area (Å²) in [5, 5.41) is 2.66. The van der Waals surface area contributed by atoms with E-state index in [1.54, 1.807) is 18.3 Å². The number of esters is 1. The minimum Gasteiger partial charge on any atom is -0.496 e. The van der Waals surface area contributed by atoms with Crippen molar-refractivity contribution in [3.05, 3.63) is 33.9 Å². The second-order valence-electron chi connectivity index (χ2n) is 3.82. The first kappa shape index (κ1) is 15.0. The zero-order valence-corrected chi connectivity index (χ0v) is 12.6. The molecule has 0 spiro atoms. The van der Waals surface area contributed by atoms with Crippen LogP contribution >= 0.6 is 11.3 Å². The third-order valence-electron chi connectivity index (χ3n) is 2.64. The smallest absolute Gasteiger partial charge is 0.343 e. The molecular weight excluding hydrogens is 292 g/mol. The normalized spacial score (nSPS) is 10.6. The summed E-state index contributed by atoms with van der Waals surface area (Å²) in [5.74, 6) is 0.159. The fourth-order valence-electron chi connectivity index (χ4n) is 1.68. The fraction of sp³-hybridized carbons (Fsp3) is 0.214. The van der Waals surface area contributed by atoms with E-state index >= 15 is 0 Å². The highest BCUT2D eigenvalue weighted by atomic mass is 32.1. The number of pyridine rings is 1. The molecule has 0 aliphatic carbocycles. The zero-order valence-electron chi connectivity index (χ0n) is 11.8. The topological polar surface area (TPSA) is 70.5 Å². The average molecular weight is 306 g/mol. The minimum absolute atomic E-state index is 0.244. The van der Waals surface area contributed by atoms with Gasteiger partial charge in [0.25, 0.3) is 0 Å². The van der Waals surface area contributed by atoms with Crippen molar-refractivity contribution in [2.24, 2.45) is 0 Å². The number of hydrogen-bond acceptors (Lipinski definition) is 7. The van der Waals surface area contributed by atoms with E-state index in [-0.39, 0.29) is 5.56 Å². The van der Waals surface area contributed by atoms with Gasteiger partial charge in [-0.3, -0.25) is 0 Å². The van der Waals surface area contributed by atoms with Crippen LogP contribution in [-0.2, 0) is 4.74 Å². The summed E-state index contributed by atoms with van der Waals surface area (Å²) in [6.45, 7) is 0. The maximum absolute atomic E-state index is 11.9. The largest absolute Gasteiger partial charge is 0.496 e. The molecule has 0 aliphatic rings. The Hall–Kier alpha value is -2.41. The Morgan fingerprint density at radius 3 is 2.62 bits per heavy atom. The Bertz CT molecular complexity index is 653. The van der Waals surface area contributed by atoms with Crippen LogP contribution in [0.25, 0.3) is 12.2 Å². The number of carbonyl (C=O) groups excluding carboxylic acids is 1. The second-order valence-corrected chi connectivity index (χ2v) is 4.75. The van der Waals surface area contributed by atoms with Crippen LogP contribution in [0.5, 0.6) is 11.6 Å². The molecule has 6 nitrogen and oxygen atoms in total. The van der Waals surface area contributed by atoms with Gasteiger partial charge in [-0.2, -0.15) is 0 Å². The number of aromatic nitrogens is 2. The lowest BCUT2D eigenvalue weighted by atomic mass is 10.1. The standard InChI is InChI=1S/C14H14N2O4S/c1-18-10-8-11(19-2)16-9(13(10)14(17)20-3)4-5-12-15-6-7-21-12/h4-8H,1-3H3. The molecule has 7 heteroatoms. The fourth-order valence-corrected chi connectivity index (χ4v) is 2.21. The molecule has 0 radical (unpaired) electrons. The molecule has 2 rings (SSSR count). The number of thiazole rings is 1. The van der Waals surface area contributed by atoms with E-state index in [0.29, 0.717) is 17.3 Å². The van der Waals surface area contributed by atoms with Gasteiger partial charge in [-0.1, -0.05) is 0 Å². The van der Waals surface area contributed by atoms with Crippen molar-refractivity contribution in [1.82, 2.24) is 9.97 Å². The lowest BCUT2D eigenvalue weighted by Crippen LogP contribution is -2.09. The SMILES string of the molecule is COC(=O)c1c(OC)cc(OC)nc1C=Cc1nccs1. The molecule has 0 fully saturated rings. The second kappa shape index (κ2) is 6.85. The molecule has 0 N–H and O–H groups in total. The van der Waals surface area contributed by atoms with Crippen LogP contribution in [-0.4, -0.2) is 37.3 Å². The number of methoxy groups -OCH3 is 3. The zero-order chi connectivity index (χ0) is 15.2. The Morgan fingerprint density at radius 2 is 2.05 bits per heavy atom. The molecular formula is C14H14N2O4S. The summed E-state index contributed by atoms with van der Waals surface area (Å²) >= 11 is 1.48. The summed E-state index contributed by atoms with van der Waals surface area (Å²) < 4.78 is 15.1. The van der Waals surface area contributed by atoms with Crippen molar-refractivity contribution < 1.29 is 19.0 Å². The maximum Gasteiger partial charge on any atom is 0.343 e. The van der Waals surface area contributed by atoms with E-state index in [1.807, 2.05) is 5.38 Å². The van der Waals surface area contributed by atoms with Crippen molar-refractivity contribution >= 4 is 29.5 Å². The van der Waals surface area contributed by atoms with Crippen LogP contribution in [0, 0.1) is 0 Å². The van der Waals surface area contributed by atoms with Crippen LogP contribution in [0.1, 0.15) is 21.1 Å². The molecule has 0 atom stereocenters. The van der Waals surface area contributed by atoms with Gasteiger partial charge in [-0.15, -0.1) is 11.3 Å². The summed E-state index contributed by atoms with van der Waals surface area (Å²) in [6, 6.07) is 1.53. The van der Waals surface area contributed by atoms with Crippen LogP contribution in [0.15, 0.2) is 17.6 Å². The van der Waals surface area contributed by atoms with Crippen molar-refractivity contribution in [3.8, 4) is 11.6 Å². The predicted molar refractivity (Wildman–Crippen MR) is 79.7 cm³/mol. The van der Waals surface area contributed by atoms with Crippen LogP contribution in [0.4, 0.5) is 0 Å². The minimum atomic E-state index is -0.527. The first-order valence-corrected chi connectivity index (χ1v) is 6.86. The Balaban J connectivity index is 2.52. The lowest BCUT2D eigenvalue weighted by Gasteiger charge is -2.11. The highest BCUT2D eigenvalue weighted by Crippen LogP contribution is 2.28. The van der Waals surface area contributed by atoms with E-state index in [1.165, 1.54) is 38.7 Å². The number of carbonyl (C=O) groups is 1. The van der Waals surface area contributed by atoms with Crippen molar-refractivity contribution in [2.75, 3.05) is 21.3 Å². The van der Waals surface area contributed by atoms with Gasteiger partial charge in [-0.25, -0.2) is 14.8 Å². The first-order valence-electron chi connectivity index (χ1n) is 5.98. The molecule has 0 saturated heterocycles. The van der Waals surface area contributed by atoms with Gasteiger partial charge in [0.15, 0.2) is 0 Å². The van der Waals surface area contributed by atoms with Gasteiger partial charge in [0, 0.05) is 17.6 Å². The van der Waals surface area contributed by atoms with Crippen molar-refractivity contribution in [1.29, 1.82) is 0 Å². The summed E-state index contributed by atoms with van der Waals surface area (Å²) in [6.07, 6.45) is 5.14. The van der Waals surface area contributed by atoms with Crippen LogP contribution in [0.3, 0.4) is 0 Å². The van der Waals surface area contributed by atoms with Gasteiger partial charge < -0.3 is 14.2 Å². The van der Waals surface area contributed by atoms with Gasteiger partial charge in [0.2, 0.25) is 5.88 Å². The molecule has 2 heterocycles. The molecule has 2 aromatic heterocycles. The van der Waals surface area contributed by atoms with E-state index < -0.39 is 5.97 Å². The van der Waals surface area contributed by atoms with E-state index in [2.05, 4.69) is 9.97 Å². The molecule has 21 heavy (non-hydrogen) atoms. The summed E-state index contributed by atoms with van der Waals surface area (Å²) in [4.78, 5) is 20.3. The van der Waals surface area contributed by atoms with Gasteiger partial charge in [0.1, 0.15) is 16.3 Å². The Morgan fingerprint density at radius 1 is 1.24 bits per heavy atom. The lowest BCUT2D eigenvalue weighted by molar-refractivity contribution is 0.0596. The highest BCUT2D eigenvalue weighted by Gasteiger charge is 2.20. The maximum atomic E-state index is 11.9. The van der Waals surface area contributed by atoms with E-state index in [4.69, 9.17) is 14.2 Å². The molecule has 0 amide bonds. The monoisotopic (exact) mass is 306 g/mol. The van der Waals surface area contributed by atoms with E-state index in [9.17, 15) is 4.79 Å². The number of hydrogen-bond donors (Lipinski definition) is 0. The quantitative estimate of drug-likeness (QED) is 0.791. The number of rotatable bonds is 5. The van der Waals surface area contributed by atoms with Crippen LogP contribution in [0.2, 0.25) is 0 Å². The molecule has 0 aliphatic heterocycles. The van der Waals surface area contributed by atoms with Gasteiger partial charge in [-0.05, 0) is 12.2 Å². The Kier molecular flexibility index (Phi) is 4.89. The third kappa shape index (κ3) is 3.38. The van der Waals surface area contributed by atoms with Gasteiger partial charge >= 0.3 is 5.97 Å². The highest BCUT2D eigenvalue weighted by molar-refractivity contribution is 7.10. The number of ether oxygens (including phenoxy) is 3. The first-order chi connectivity index (χ1) is 10.2. The summed E-state index contributed by atoms with van der Waals surface area (Å²) in [7, 11) is 4.27. The average Bonchev–Trinajstić information content (AvgIpc) is 3.04. The van der Waals surface area contributed by atoms with Crippen molar-refractivity contribution in [3.63, 3.8) is 0 Å². The molecule has 0 bridgehead atoms. The Labute approximate surface area is 126 Å². The van der Waals surface area contributed by atoms with E-state index in [0.717, 1.165) is 5.01 Å². The molecule has 0 saturated carbocycles. The van der Waals surface area contributed by atoms with Crippen molar-refractivity contribution in [2.45, 2.75) is 0 Å². The van der Waals surface area contributed by atoms with Crippen LogP contribution < -0.4 is 9.47 Å².